The van der Waals surface area contributed by atoms with Gasteiger partial charge in [0.2, 0.25) is 0 Å². The predicted molar refractivity (Wildman–Crippen MR) is 157 cm³/mol. The highest BCUT2D eigenvalue weighted by atomic mass is 16.2. The molecule has 196 valence electrons. The normalized spacial score (nSPS) is 14.3. The van der Waals surface area contributed by atoms with Crippen LogP contribution in [-0.2, 0) is 6.42 Å². The van der Waals surface area contributed by atoms with Crippen LogP contribution in [-0.4, -0.2) is 34.4 Å². The second kappa shape index (κ2) is 9.93. The lowest BCUT2D eigenvalue weighted by atomic mass is 9.97. The van der Waals surface area contributed by atoms with Gasteiger partial charge in [-0.25, -0.2) is 0 Å². The zero-order valence-electron chi connectivity index (χ0n) is 21.8. The topological polar surface area (TPSA) is 96.0 Å². The number of nitrogens with one attached hydrogen (secondary N) is 3. The van der Waals surface area contributed by atoms with Crippen molar-refractivity contribution in [3.05, 3.63) is 108 Å². The van der Waals surface area contributed by atoms with Crippen molar-refractivity contribution in [2.45, 2.75) is 25.3 Å². The Morgan fingerprint density at radius 1 is 0.850 bits per heavy atom. The number of nitrogens with zero attached hydrogens (tertiary/aromatic N) is 2. The molecule has 2 amide bonds. The lowest BCUT2D eigenvalue weighted by molar-refractivity contribution is 0.0939. The molecule has 0 radical (unpaired) electrons. The maximum atomic E-state index is 13.0. The van der Waals surface area contributed by atoms with Crippen LogP contribution in [0.25, 0.3) is 33.3 Å². The van der Waals surface area contributed by atoms with Crippen LogP contribution in [0.2, 0.25) is 0 Å². The third-order valence-electron chi connectivity index (χ3n) is 7.41. The van der Waals surface area contributed by atoms with Crippen molar-refractivity contribution in [3.8, 4) is 22.4 Å². The minimum atomic E-state index is -0.129. The fraction of sp³-hybridized carbons (Fsp3) is 0.152. The number of fused-ring (bicyclic) bond motifs is 2. The first-order valence-electron chi connectivity index (χ1n) is 13.6. The van der Waals surface area contributed by atoms with Crippen molar-refractivity contribution in [2.75, 3.05) is 11.9 Å². The van der Waals surface area contributed by atoms with Gasteiger partial charge in [-0.3, -0.25) is 19.6 Å². The third-order valence-corrected chi connectivity index (χ3v) is 7.41. The summed E-state index contributed by atoms with van der Waals surface area (Å²) in [6.07, 6.45) is 4.53. The van der Waals surface area contributed by atoms with E-state index < -0.39 is 0 Å². The molecule has 0 saturated heterocycles. The monoisotopic (exact) mass is 525 g/mol. The molecule has 0 unspecified atom stereocenters. The van der Waals surface area contributed by atoms with Crippen molar-refractivity contribution >= 4 is 34.1 Å². The van der Waals surface area contributed by atoms with E-state index >= 15 is 0 Å². The predicted octanol–water partition coefficient (Wildman–Crippen LogP) is 5.89. The molecule has 3 heterocycles. The Morgan fingerprint density at radius 3 is 2.52 bits per heavy atom. The van der Waals surface area contributed by atoms with Crippen LogP contribution in [0.15, 0.2) is 91.1 Å². The van der Waals surface area contributed by atoms with Gasteiger partial charge in [-0.2, -0.15) is 0 Å². The summed E-state index contributed by atoms with van der Waals surface area (Å²) in [6, 6.07) is 27.9. The molecule has 1 saturated carbocycles. The molecule has 1 aliphatic heterocycles. The maximum Gasteiger partial charge on any atom is 0.255 e. The number of aromatic nitrogens is 2. The van der Waals surface area contributed by atoms with Gasteiger partial charge in [0.25, 0.3) is 11.8 Å². The van der Waals surface area contributed by atoms with E-state index in [1.54, 1.807) is 6.20 Å². The van der Waals surface area contributed by atoms with E-state index in [0.717, 1.165) is 57.5 Å². The van der Waals surface area contributed by atoms with Crippen molar-refractivity contribution in [2.24, 2.45) is 0 Å². The van der Waals surface area contributed by atoms with Crippen LogP contribution in [0.1, 0.15) is 39.3 Å². The summed E-state index contributed by atoms with van der Waals surface area (Å²) in [7, 11) is 0. The van der Waals surface area contributed by atoms with Gasteiger partial charge in [-0.1, -0.05) is 36.4 Å². The SMILES string of the molecule is O=C(NC1CC1)c1cccc(-c2cccc(-c3cc(Nc4cccc5ncccc45)c4c(n3)CCNC4=O)c2)c1. The number of carbonyl (C=O) groups excluding carboxylic acids is 2. The molecule has 1 aliphatic carbocycles. The summed E-state index contributed by atoms with van der Waals surface area (Å²) in [5.41, 5.74) is 8.11. The maximum absolute atomic E-state index is 13.0. The minimum absolute atomic E-state index is 0.0329. The van der Waals surface area contributed by atoms with E-state index in [-0.39, 0.29) is 11.8 Å². The van der Waals surface area contributed by atoms with Crippen LogP contribution in [0.4, 0.5) is 11.4 Å². The average Bonchev–Trinajstić information content (AvgIpc) is 3.81. The molecular formula is C33H27N5O2. The molecule has 7 heteroatoms. The Kier molecular flexibility index (Phi) is 5.96. The van der Waals surface area contributed by atoms with Crippen molar-refractivity contribution < 1.29 is 9.59 Å². The Hall–Kier alpha value is -5.04. The highest BCUT2D eigenvalue weighted by molar-refractivity contribution is 6.04. The standard InChI is InChI=1S/C33H27N5O2/c39-32(36-24-12-13-24)23-8-2-6-21(18-23)20-5-1-7-22(17-20)29-19-30(31-28(38-29)14-16-35-33(31)40)37-27-11-3-10-26-25(27)9-4-15-34-26/h1-11,15,17-19,24H,12-14,16H2,(H,35,40)(H,36,39)(H,37,38). The number of amides is 2. The molecule has 7 rings (SSSR count). The largest absolute Gasteiger partial charge is 0.354 e. The molecular weight excluding hydrogens is 498 g/mol. The van der Waals surface area contributed by atoms with Gasteiger partial charge in [0.1, 0.15) is 0 Å². The van der Waals surface area contributed by atoms with Crippen molar-refractivity contribution in [1.82, 2.24) is 20.6 Å². The molecule has 5 aromatic rings. The molecule has 2 aliphatic rings. The first-order valence-corrected chi connectivity index (χ1v) is 13.6. The van der Waals surface area contributed by atoms with E-state index in [0.29, 0.717) is 35.8 Å². The van der Waals surface area contributed by atoms with Crippen molar-refractivity contribution in [3.63, 3.8) is 0 Å². The zero-order valence-corrected chi connectivity index (χ0v) is 21.8. The number of carbonyl (C=O) groups is 2. The lowest BCUT2D eigenvalue weighted by Crippen LogP contribution is -2.33. The Morgan fingerprint density at radius 2 is 1.65 bits per heavy atom. The fourth-order valence-corrected chi connectivity index (χ4v) is 5.21. The quantitative estimate of drug-likeness (QED) is 0.257. The van der Waals surface area contributed by atoms with Crippen LogP contribution in [0, 0.1) is 0 Å². The smallest absolute Gasteiger partial charge is 0.255 e. The summed E-state index contributed by atoms with van der Waals surface area (Å²) in [5, 5.41) is 10.5. The summed E-state index contributed by atoms with van der Waals surface area (Å²) in [5.74, 6) is -0.161. The Bertz CT molecular complexity index is 1790. The first-order chi connectivity index (χ1) is 19.6. The summed E-state index contributed by atoms with van der Waals surface area (Å²) < 4.78 is 0. The first kappa shape index (κ1) is 24.0. The summed E-state index contributed by atoms with van der Waals surface area (Å²) >= 11 is 0. The van der Waals surface area contributed by atoms with Crippen LogP contribution >= 0.6 is 0 Å². The fourth-order valence-electron chi connectivity index (χ4n) is 5.21. The van der Waals surface area contributed by atoms with Gasteiger partial charge < -0.3 is 16.0 Å². The second-order valence-electron chi connectivity index (χ2n) is 10.3. The number of rotatable bonds is 6. The molecule has 7 nitrogen and oxygen atoms in total. The minimum Gasteiger partial charge on any atom is -0.354 e. The number of anilines is 2. The van der Waals surface area contributed by atoms with Gasteiger partial charge in [-0.15, -0.1) is 0 Å². The van der Waals surface area contributed by atoms with E-state index in [4.69, 9.17) is 4.98 Å². The van der Waals surface area contributed by atoms with Gasteiger partial charge in [-0.05, 0) is 72.5 Å². The highest BCUT2D eigenvalue weighted by Gasteiger charge is 2.25. The van der Waals surface area contributed by atoms with Crippen LogP contribution in [0.3, 0.4) is 0 Å². The van der Waals surface area contributed by atoms with E-state index in [1.807, 2.05) is 78.9 Å². The van der Waals surface area contributed by atoms with E-state index in [1.165, 1.54) is 0 Å². The molecule has 40 heavy (non-hydrogen) atoms. The number of hydrogen-bond acceptors (Lipinski definition) is 5. The van der Waals surface area contributed by atoms with Gasteiger partial charge >= 0.3 is 0 Å². The summed E-state index contributed by atoms with van der Waals surface area (Å²) in [6.45, 7) is 0.551. The third kappa shape index (κ3) is 4.66. The number of benzene rings is 3. The molecule has 3 aromatic carbocycles. The van der Waals surface area contributed by atoms with Crippen LogP contribution in [0.5, 0.6) is 0 Å². The highest BCUT2D eigenvalue weighted by Crippen LogP contribution is 2.34. The average molecular weight is 526 g/mol. The van der Waals surface area contributed by atoms with E-state index in [2.05, 4.69) is 27.0 Å². The number of pyridine rings is 2. The zero-order chi connectivity index (χ0) is 27.1. The number of hydrogen-bond donors (Lipinski definition) is 3. The molecule has 0 atom stereocenters. The molecule has 1 fully saturated rings. The van der Waals surface area contributed by atoms with Crippen molar-refractivity contribution in [1.29, 1.82) is 0 Å². The molecule has 0 bridgehead atoms. The molecule has 0 spiro atoms. The molecule has 2 aromatic heterocycles. The van der Waals surface area contributed by atoms with Gasteiger partial charge in [0.05, 0.1) is 28.2 Å². The Labute approximate surface area is 231 Å². The van der Waals surface area contributed by atoms with E-state index in [9.17, 15) is 9.59 Å². The second-order valence-corrected chi connectivity index (χ2v) is 10.3. The summed E-state index contributed by atoms with van der Waals surface area (Å²) in [4.78, 5) is 35.0. The van der Waals surface area contributed by atoms with Crippen LogP contribution < -0.4 is 16.0 Å². The van der Waals surface area contributed by atoms with Gasteiger partial charge in [0.15, 0.2) is 0 Å². The Balaban J connectivity index is 1.28. The molecule has 3 N–H and O–H groups in total. The van der Waals surface area contributed by atoms with Gasteiger partial charge in [0, 0.05) is 47.4 Å². The lowest BCUT2D eigenvalue weighted by Gasteiger charge is -2.21.